The second-order valence-electron chi connectivity index (χ2n) is 43.2. The zero-order valence-electron chi connectivity index (χ0n) is 85.2. The van der Waals surface area contributed by atoms with Crippen LogP contribution in [0.15, 0.2) is 308 Å². The van der Waals surface area contributed by atoms with Crippen molar-refractivity contribution >= 4 is 102 Å². The van der Waals surface area contributed by atoms with Gasteiger partial charge in [0, 0.05) is 39.6 Å². The first kappa shape index (κ1) is 99.8. The second kappa shape index (κ2) is 38.1. The minimum atomic E-state index is -0.573. The molecule has 0 atom stereocenters. The third kappa shape index (κ3) is 20.3. The Labute approximate surface area is 841 Å². The van der Waals surface area contributed by atoms with E-state index in [1.807, 2.05) is 195 Å². The van der Waals surface area contributed by atoms with Gasteiger partial charge in [-0.2, -0.15) is 0 Å². The maximum Gasteiger partial charge on any atom is 0.494 e. The molecule has 12 aromatic carbocycles. The molecule has 0 unspecified atom stereocenters. The number of rotatable bonds is 15. The summed E-state index contributed by atoms with van der Waals surface area (Å²) in [5.41, 5.74) is 12.2. The van der Waals surface area contributed by atoms with Crippen molar-refractivity contribution in [2.45, 2.75) is 233 Å². The number of pyridine rings is 1. The summed E-state index contributed by atoms with van der Waals surface area (Å²) < 4.78 is 77.8. The van der Waals surface area contributed by atoms with Crippen LogP contribution < -0.4 is 21.9 Å². The number of halogens is 1. The molecule has 15 aromatic rings. The monoisotopic (exact) mass is 1940 g/mol. The molecule has 26 heteroatoms. The highest BCUT2D eigenvalue weighted by molar-refractivity contribution is 9.10. The van der Waals surface area contributed by atoms with E-state index in [0.717, 1.165) is 126 Å². The summed E-state index contributed by atoms with van der Waals surface area (Å²) in [6.07, 6.45) is 1.74. The number of fused-ring (bicyclic) bond motifs is 2. The van der Waals surface area contributed by atoms with Crippen LogP contribution in [0.4, 0.5) is 0 Å². The lowest BCUT2D eigenvalue weighted by Crippen LogP contribution is -2.41. The molecule has 0 saturated carbocycles. The normalized spacial score (nSPS) is 19.2. The first-order valence-electron chi connectivity index (χ1n) is 48.6. The van der Waals surface area contributed by atoms with Gasteiger partial charge in [0.05, 0.1) is 67.2 Å². The third-order valence-corrected chi connectivity index (χ3v) is 30.7. The molecule has 6 aliphatic heterocycles. The molecule has 6 saturated heterocycles. The summed E-state index contributed by atoms with van der Waals surface area (Å²) in [6, 6.07) is 102. The highest BCUT2D eigenvalue weighted by atomic mass is 79.9. The molecular formula is C115H122B6BrN7O12. The van der Waals surface area contributed by atoms with Crippen molar-refractivity contribution in [1.29, 1.82) is 0 Å². The van der Waals surface area contributed by atoms with Gasteiger partial charge in [-0.3, -0.25) is 0 Å². The summed E-state index contributed by atoms with van der Waals surface area (Å²) in [5, 5.41) is 4.58. The van der Waals surface area contributed by atoms with Crippen molar-refractivity contribution in [3.63, 3.8) is 0 Å². The number of benzene rings is 12. The van der Waals surface area contributed by atoms with Crippen LogP contribution in [0.25, 0.3) is 134 Å². The highest BCUT2D eigenvalue weighted by Crippen LogP contribution is 2.48. The fraction of sp³-hybridized carbons (Fsp3) is 0.313. The SMILES string of the molecule is Brc1ccccn1.CC1(C)OB(B2OC(C)(C)C(C)(C)O2)OC1(C)C.CC1(C)OB(c2cc(B3OC(C)(C)C(C)(C)O3)cc(-c3ccc4ccccc4c3-c3ccc(-c4nc(-c5ccccc5)nc(-c5ccccc5)n4)cc3)c2)OC1(C)C.CC1(C)OB(c2cc(B3OC(C)(C)C(C)(C)O3)cc(-c3ccc4ccccc4c3-c3ccc(-c4nc(-c5ccccc5)nc(-c5ccccc5)n4)cc3)c2)OC1(C)C. The average Bonchev–Trinajstić information content (AvgIpc) is 1.62. The van der Waals surface area contributed by atoms with Crippen LogP contribution in [0.2, 0.25) is 0 Å². The number of nitrogens with zero attached hydrogens (tertiary/aromatic N) is 7. The minimum absolute atomic E-state index is 0.360. The Kier molecular flexibility index (Phi) is 27.0. The summed E-state index contributed by atoms with van der Waals surface area (Å²) in [6.45, 7) is 49.5. The second-order valence-corrected chi connectivity index (χ2v) is 44.0. The van der Waals surface area contributed by atoms with Crippen molar-refractivity contribution in [3.05, 3.63) is 308 Å². The van der Waals surface area contributed by atoms with E-state index in [0.29, 0.717) is 34.9 Å². The van der Waals surface area contributed by atoms with Crippen LogP contribution in [0.3, 0.4) is 0 Å². The van der Waals surface area contributed by atoms with E-state index < -0.39 is 87.3 Å². The van der Waals surface area contributed by atoms with E-state index in [9.17, 15) is 0 Å². The molecule has 0 bridgehead atoms. The molecule has 714 valence electrons. The zero-order chi connectivity index (χ0) is 100.0. The van der Waals surface area contributed by atoms with Gasteiger partial charge in [-0.25, -0.2) is 34.9 Å². The van der Waals surface area contributed by atoms with Crippen molar-refractivity contribution < 1.29 is 55.9 Å². The summed E-state index contributed by atoms with van der Waals surface area (Å²) >= 11 is 3.20. The molecule has 3 aromatic heterocycles. The first-order valence-corrected chi connectivity index (χ1v) is 49.4. The average molecular weight is 1940 g/mol. The molecule has 19 nitrogen and oxygen atoms in total. The van der Waals surface area contributed by atoms with E-state index in [2.05, 4.69) is 289 Å². The zero-order valence-corrected chi connectivity index (χ0v) is 86.8. The van der Waals surface area contributed by atoms with Crippen molar-refractivity contribution in [2.75, 3.05) is 0 Å². The van der Waals surface area contributed by atoms with Crippen molar-refractivity contribution in [3.8, 4) is 113 Å². The molecule has 0 amide bonds. The van der Waals surface area contributed by atoms with Crippen LogP contribution in [0.5, 0.6) is 0 Å². The Hall–Kier alpha value is -11.3. The standard InChI is InChI=1S/2C49H47B2N3O4.C12H24B2O4.C5H4BrN/c2*1-46(2)47(3,4)56-50(55-46)38-29-37(30-39(31-38)51-57-48(5,6)49(7,8)58-51)41-28-27-32-17-15-16-22-40(32)42(41)33-23-25-36(26-24-33)45-53-43(34-18-11-9-12-19-34)52-44(54-45)35-20-13-10-14-21-35;1-9(2)10(3,4)16-13(15-9)14-17-11(5,6)12(7,8)18-14;6-5-3-1-2-4-7-5/h2*9-31H,1-8H3;1-8H3;1-4H. The van der Waals surface area contributed by atoms with Gasteiger partial charge in [-0.05, 0) is 282 Å². The van der Waals surface area contributed by atoms with Gasteiger partial charge in [-0.15, -0.1) is 0 Å². The van der Waals surface area contributed by atoms with Gasteiger partial charge in [0.1, 0.15) is 4.60 Å². The number of hydrogen-bond donors (Lipinski definition) is 0. The van der Waals surface area contributed by atoms with Gasteiger partial charge in [0.2, 0.25) is 0 Å². The molecule has 21 rings (SSSR count). The lowest BCUT2D eigenvalue weighted by atomic mass is 9.49. The quantitative estimate of drug-likeness (QED) is 0.0692. The Morgan fingerprint density at radius 1 is 0.199 bits per heavy atom. The maximum absolute atomic E-state index is 6.63. The summed E-state index contributed by atoms with van der Waals surface area (Å²) in [5.74, 6) is 3.74. The highest BCUT2D eigenvalue weighted by Gasteiger charge is 2.64. The molecule has 0 spiro atoms. The maximum atomic E-state index is 6.63. The topological polar surface area (TPSA) is 201 Å². The Morgan fingerprint density at radius 2 is 0.411 bits per heavy atom. The Balaban J connectivity index is 0.000000149. The van der Waals surface area contributed by atoms with Crippen LogP contribution in [0.1, 0.15) is 166 Å². The predicted molar refractivity (Wildman–Crippen MR) is 576 cm³/mol. The van der Waals surface area contributed by atoms with Gasteiger partial charge in [0.15, 0.2) is 34.9 Å². The smallest absolute Gasteiger partial charge is 0.405 e. The molecule has 0 N–H and O–H groups in total. The molecule has 9 heterocycles. The molecule has 0 radical (unpaired) electrons. The van der Waals surface area contributed by atoms with E-state index >= 15 is 0 Å². The lowest BCUT2D eigenvalue weighted by molar-refractivity contribution is 0.00578. The number of aromatic nitrogens is 7. The summed E-state index contributed by atoms with van der Waals surface area (Å²) in [4.78, 5) is 33.6. The molecule has 6 fully saturated rings. The molecular weight excluding hydrogens is 1820 g/mol. The van der Waals surface area contributed by atoms with E-state index in [-0.39, 0.29) is 22.4 Å². The van der Waals surface area contributed by atoms with Gasteiger partial charge in [-0.1, -0.05) is 285 Å². The lowest BCUT2D eigenvalue weighted by Gasteiger charge is -2.32. The van der Waals surface area contributed by atoms with E-state index in [1.54, 1.807) is 6.20 Å². The fourth-order valence-electron chi connectivity index (χ4n) is 17.6. The fourth-order valence-corrected chi connectivity index (χ4v) is 17.8. The number of hydrogen-bond acceptors (Lipinski definition) is 19. The van der Waals surface area contributed by atoms with Crippen molar-refractivity contribution in [2.24, 2.45) is 0 Å². The Bertz CT molecular complexity index is 6370. The largest absolute Gasteiger partial charge is 0.494 e. The van der Waals surface area contributed by atoms with E-state index in [4.69, 9.17) is 85.8 Å². The van der Waals surface area contributed by atoms with E-state index in [1.165, 1.54) is 0 Å². The third-order valence-electron chi connectivity index (χ3n) is 30.2. The van der Waals surface area contributed by atoms with Crippen LogP contribution in [-0.4, -0.2) is 145 Å². The molecule has 6 aliphatic rings. The first-order chi connectivity index (χ1) is 66.6. The predicted octanol–water partition coefficient (Wildman–Crippen LogP) is 24.0. The van der Waals surface area contributed by atoms with Crippen molar-refractivity contribution in [1.82, 2.24) is 34.9 Å². The van der Waals surface area contributed by atoms with Gasteiger partial charge in [0.25, 0.3) is 0 Å². The Morgan fingerprint density at radius 3 is 0.638 bits per heavy atom. The van der Waals surface area contributed by atoms with Crippen LogP contribution in [-0.2, 0) is 55.9 Å². The van der Waals surface area contributed by atoms with Crippen LogP contribution in [0, 0.1) is 0 Å². The molecule has 141 heavy (non-hydrogen) atoms. The van der Waals surface area contributed by atoms with Gasteiger partial charge >= 0.3 is 42.5 Å². The minimum Gasteiger partial charge on any atom is -0.405 e. The van der Waals surface area contributed by atoms with Gasteiger partial charge < -0.3 is 55.9 Å². The summed E-state index contributed by atoms with van der Waals surface area (Å²) in [7, 11) is -3.24. The molecule has 0 aliphatic carbocycles. The van der Waals surface area contributed by atoms with Crippen LogP contribution >= 0.6 is 15.9 Å².